The second kappa shape index (κ2) is 8.75. The van der Waals surface area contributed by atoms with Gasteiger partial charge in [-0.1, -0.05) is 0 Å². The van der Waals surface area contributed by atoms with Crippen LogP contribution in [0.3, 0.4) is 0 Å². The summed E-state index contributed by atoms with van der Waals surface area (Å²) in [5, 5.41) is 6.06. The van der Waals surface area contributed by atoms with Crippen molar-refractivity contribution in [2.75, 3.05) is 25.5 Å². The normalized spacial score (nSPS) is 15.6. The molecule has 0 bridgehead atoms. The average molecular weight is 447 g/mol. The van der Waals surface area contributed by atoms with E-state index in [0.717, 1.165) is 31.3 Å². The molecule has 0 spiro atoms. The Kier molecular flexibility index (Phi) is 5.77. The minimum atomic E-state index is -1.61. The average Bonchev–Trinajstić information content (AvgIpc) is 3.49. The number of hydrogen-bond donors (Lipinski definition) is 1. The number of piperidine rings is 1. The number of likely N-dealkylation sites (tertiary alicyclic amines) is 1. The van der Waals surface area contributed by atoms with Crippen molar-refractivity contribution in [3.8, 4) is 11.3 Å². The van der Waals surface area contributed by atoms with Gasteiger partial charge in [-0.05, 0) is 50.3 Å². The third-order valence-electron chi connectivity index (χ3n) is 5.91. The Bertz CT molecular complexity index is 1340. The van der Waals surface area contributed by atoms with Crippen molar-refractivity contribution < 1.29 is 9.21 Å². The summed E-state index contributed by atoms with van der Waals surface area (Å²) in [4.78, 5) is 28.4. The number of rotatable bonds is 5. The molecule has 1 saturated heterocycles. The van der Waals surface area contributed by atoms with E-state index in [1.54, 1.807) is 24.7 Å². The Labute approximate surface area is 200 Å². The Balaban J connectivity index is 1.33. The quantitative estimate of drug-likeness (QED) is 0.465. The first kappa shape index (κ1) is 22.4. The monoisotopic (exact) mass is 447 g/mol. The molecular weight excluding hydrogens is 427 g/mol. The van der Waals surface area contributed by atoms with Crippen molar-refractivity contribution in [1.82, 2.24) is 29.6 Å². The maximum Gasteiger partial charge on any atom is 0.278 e. The predicted molar refractivity (Wildman–Crippen MR) is 130 cm³/mol. The third-order valence-corrected chi connectivity index (χ3v) is 5.91. The molecule has 1 aliphatic heterocycles. The van der Waals surface area contributed by atoms with E-state index in [1.807, 2.05) is 12.1 Å². The summed E-state index contributed by atoms with van der Waals surface area (Å²) < 4.78 is 6.86. The Morgan fingerprint density at radius 3 is 2.71 bits per heavy atom. The van der Waals surface area contributed by atoms with Crippen molar-refractivity contribution in [1.29, 1.82) is 0 Å². The minimum absolute atomic E-state index is 0.221. The van der Waals surface area contributed by atoms with Gasteiger partial charge in [-0.25, -0.2) is 15.0 Å². The molecule has 1 amide bonds. The van der Waals surface area contributed by atoms with Crippen LogP contribution >= 0.6 is 0 Å². The molecule has 1 fully saturated rings. The molecule has 0 saturated carbocycles. The second-order valence-corrected chi connectivity index (χ2v) is 8.62. The van der Waals surface area contributed by atoms with Crippen LogP contribution in [-0.4, -0.2) is 79.2 Å². The van der Waals surface area contributed by atoms with E-state index in [2.05, 4.69) is 37.3 Å². The van der Waals surface area contributed by atoms with E-state index in [-0.39, 0.29) is 11.6 Å². The number of nitrogens with one attached hydrogen (secondary N) is 1. The van der Waals surface area contributed by atoms with Crippen LogP contribution in [0, 0.1) is 0 Å². The second-order valence-electron chi connectivity index (χ2n) is 8.62. The molecule has 4 aromatic rings. The van der Waals surface area contributed by atoms with Crippen LogP contribution in [0.4, 0.5) is 5.82 Å². The lowest BCUT2D eigenvalue weighted by Gasteiger charge is -2.26. The lowest BCUT2D eigenvalue weighted by Crippen LogP contribution is -2.35. The van der Waals surface area contributed by atoms with Gasteiger partial charge in [-0.15, -0.1) is 0 Å². The van der Waals surface area contributed by atoms with Crippen LogP contribution in [0.25, 0.3) is 22.2 Å². The van der Waals surface area contributed by atoms with Gasteiger partial charge in [-0.3, -0.25) is 9.48 Å². The van der Waals surface area contributed by atoms with Crippen molar-refractivity contribution in [3.63, 3.8) is 0 Å². The number of carbonyl (C=O) groups excluding carboxylic acids is 1. The highest BCUT2D eigenvalue weighted by Crippen LogP contribution is 2.27. The van der Waals surface area contributed by atoms with Gasteiger partial charge in [-0.2, -0.15) is 5.10 Å². The smallest absolute Gasteiger partial charge is 0.278 e. The summed E-state index contributed by atoms with van der Waals surface area (Å²) in [5.74, 6) is 0.795. The third kappa shape index (κ3) is 4.63. The van der Waals surface area contributed by atoms with Crippen molar-refractivity contribution in [2.45, 2.75) is 24.0 Å². The highest BCUT2D eigenvalue weighted by molar-refractivity contribution is 6.56. The lowest BCUT2D eigenvalue weighted by molar-refractivity contribution is 0.102. The van der Waals surface area contributed by atoms with Crippen LogP contribution in [0.1, 0.15) is 35.1 Å². The van der Waals surface area contributed by atoms with Gasteiger partial charge in [0, 0.05) is 35.3 Å². The molecule has 1 N–H and O–H groups in total. The van der Waals surface area contributed by atoms with Crippen LogP contribution in [0.2, 0.25) is 0 Å². The highest BCUT2D eigenvalue weighted by Gasteiger charge is 2.24. The van der Waals surface area contributed by atoms with Crippen LogP contribution in [0.15, 0.2) is 47.5 Å². The molecule has 4 aromatic heterocycles. The number of fused-ring (bicyclic) bond motifs is 1. The molecule has 0 aliphatic carbocycles. The number of anilines is 1. The summed E-state index contributed by atoms with van der Waals surface area (Å²) in [6.07, 6.45) is 8.14. The van der Waals surface area contributed by atoms with Gasteiger partial charge in [0.1, 0.15) is 12.1 Å². The van der Waals surface area contributed by atoms with Gasteiger partial charge in [0.05, 0.1) is 40.9 Å². The number of carbonyl (C=O) groups is 1. The summed E-state index contributed by atoms with van der Waals surface area (Å²) in [6, 6.07) is 5.40. The molecule has 164 valence electrons. The zero-order chi connectivity index (χ0) is 23.9. The fourth-order valence-corrected chi connectivity index (χ4v) is 3.93. The molecule has 9 nitrogen and oxygen atoms in total. The van der Waals surface area contributed by atoms with E-state index in [4.69, 9.17) is 28.0 Å². The van der Waals surface area contributed by atoms with Gasteiger partial charge in [0.2, 0.25) is 0 Å². The molecule has 5 heterocycles. The minimum Gasteiger partial charge on any atom is -0.448 e. The van der Waals surface area contributed by atoms with Gasteiger partial charge < -0.3 is 14.6 Å². The van der Waals surface area contributed by atoms with Gasteiger partial charge in [0.15, 0.2) is 11.6 Å². The van der Waals surface area contributed by atoms with Crippen molar-refractivity contribution >= 4 is 46.2 Å². The summed E-state index contributed by atoms with van der Waals surface area (Å²) in [6.45, 7) is 1.97. The predicted octanol–water partition coefficient (Wildman–Crippen LogP) is 1.62. The summed E-state index contributed by atoms with van der Waals surface area (Å²) in [5.41, 5.74) is 2.20. The number of amides is 1. The highest BCUT2D eigenvalue weighted by atomic mass is 16.3. The van der Waals surface area contributed by atoms with Gasteiger partial charge in [0.25, 0.3) is 5.91 Å². The maximum absolute atomic E-state index is 12.7. The summed E-state index contributed by atoms with van der Waals surface area (Å²) in [7, 11) is 19.1. The number of aromatic nitrogens is 5. The first-order valence-electron chi connectivity index (χ1n) is 10.9. The number of nitrogens with zero attached hydrogens (tertiary/aromatic N) is 6. The molecule has 34 heavy (non-hydrogen) atoms. The zero-order valence-electron chi connectivity index (χ0n) is 18.7. The number of pyridine rings is 2. The van der Waals surface area contributed by atoms with E-state index in [0.29, 0.717) is 28.5 Å². The van der Waals surface area contributed by atoms with Crippen molar-refractivity contribution in [3.05, 3.63) is 54.6 Å². The fraction of sp³-hybridized carbons (Fsp3) is 0.318. The molecular formula is C22H20B3N7O2. The lowest BCUT2D eigenvalue weighted by atomic mass is 9.49. The van der Waals surface area contributed by atoms with Crippen LogP contribution < -0.4 is 5.32 Å². The molecule has 6 radical (unpaired) electrons. The Hall–Kier alpha value is -3.40. The number of oxazole rings is 1. The zero-order valence-corrected chi connectivity index (χ0v) is 18.7. The van der Waals surface area contributed by atoms with E-state index in [9.17, 15) is 4.79 Å². The fourth-order valence-electron chi connectivity index (χ4n) is 3.93. The van der Waals surface area contributed by atoms with Crippen LogP contribution in [0.5, 0.6) is 0 Å². The van der Waals surface area contributed by atoms with E-state index < -0.39 is 11.1 Å². The topological polar surface area (TPSA) is 102 Å². The van der Waals surface area contributed by atoms with Crippen LogP contribution in [-0.2, 0) is 5.24 Å². The first-order chi connectivity index (χ1) is 16.3. The largest absolute Gasteiger partial charge is 0.448 e. The number of hydrogen-bond acceptors (Lipinski definition) is 7. The van der Waals surface area contributed by atoms with Crippen molar-refractivity contribution in [2.24, 2.45) is 0 Å². The van der Waals surface area contributed by atoms with Gasteiger partial charge >= 0.3 is 0 Å². The van der Waals surface area contributed by atoms with E-state index in [1.165, 1.54) is 10.9 Å². The van der Waals surface area contributed by atoms with E-state index >= 15 is 0 Å². The molecule has 0 aromatic carbocycles. The Morgan fingerprint density at radius 2 is 1.97 bits per heavy atom. The molecule has 0 atom stereocenters. The molecule has 12 heteroatoms. The first-order valence-corrected chi connectivity index (χ1v) is 10.9. The molecule has 0 unspecified atom stereocenters. The standard InChI is InChI=1S/C22H20B3N7O2/c1-31-6-4-13(5-7-31)21-29-18(12-34-21)20(33)30-19-8-17-14(9-26-19)2-3-16(28-17)15-10-27-32(11-15)22(23,24)25/h2-3,8-13H,4-7H2,1H3,(H,26,30,33). The Morgan fingerprint density at radius 1 is 1.18 bits per heavy atom. The SMILES string of the molecule is [B]C([B])([B])n1cc(-c2ccc3cnc(NC(=O)c4coc(C5CCN(C)CC5)n4)cc3n2)cn1. The maximum atomic E-state index is 12.7. The summed E-state index contributed by atoms with van der Waals surface area (Å²) >= 11 is 0. The molecule has 5 rings (SSSR count). The molecule has 1 aliphatic rings.